The lowest BCUT2D eigenvalue weighted by atomic mass is 10.0. The Kier molecular flexibility index (Phi) is 6.37. The van der Waals surface area contributed by atoms with Crippen LogP contribution in [0.3, 0.4) is 0 Å². The predicted molar refractivity (Wildman–Crippen MR) is 145 cm³/mol. The Bertz CT molecular complexity index is 1620. The molecule has 0 unspecified atom stereocenters. The Balaban J connectivity index is 1.39. The summed E-state index contributed by atoms with van der Waals surface area (Å²) < 4.78 is 5.56. The van der Waals surface area contributed by atoms with Gasteiger partial charge in [-0.2, -0.15) is 15.3 Å². The number of anilines is 1. The van der Waals surface area contributed by atoms with E-state index >= 15 is 0 Å². The first kappa shape index (κ1) is 24.4. The normalized spacial score (nSPS) is 11.4. The fourth-order valence-corrected chi connectivity index (χ4v) is 4.91. The first-order valence-corrected chi connectivity index (χ1v) is 12.5. The van der Waals surface area contributed by atoms with E-state index < -0.39 is 0 Å². The monoisotopic (exact) mass is 496 g/mol. The molecule has 0 aliphatic rings. The number of carbonyl (C=O) groups is 1. The van der Waals surface area contributed by atoms with Crippen molar-refractivity contribution in [2.45, 2.75) is 61.2 Å². The molecule has 5 aromatic rings. The third-order valence-electron chi connectivity index (χ3n) is 6.90. The van der Waals surface area contributed by atoms with Crippen LogP contribution in [-0.2, 0) is 24.4 Å². The lowest BCUT2D eigenvalue weighted by Crippen LogP contribution is -2.20. The lowest BCUT2D eigenvalue weighted by molar-refractivity contribution is -0.116. The molecule has 9 nitrogen and oxygen atoms in total. The summed E-state index contributed by atoms with van der Waals surface area (Å²) in [5.41, 5.74) is 9.53. The van der Waals surface area contributed by atoms with Crippen molar-refractivity contribution >= 4 is 22.6 Å². The minimum absolute atomic E-state index is 0.0566. The summed E-state index contributed by atoms with van der Waals surface area (Å²) in [6.07, 6.45) is 3.66. The van der Waals surface area contributed by atoms with E-state index in [2.05, 4.69) is 64.6 Å². The minimum Gasteiger partial charge on any atom is -0.321 e. The molecular weight excluding hydrogens is 464 g/mol. The highest BCUT2D eigenvalue weighted by atomic mass is 16.2. The number of carbonyl (C=O) groups excluding carboxylic acids is 1. The Morgan fingerprint density at radius 1 is 0.946 bits per heavy atom. The smallest absolute Gasteiger partial charge is 0.246 e. The molecule has 0 saturated heterocycles. The van der Waals surface area contributed by atoms with Crippen LogP contribution in [0.1, 0.15) is 40.8 Å². The van der Waals surface area contributed by atoms with Crippen molar-refractivity contribution in [3.63, 3.8) is 0 Å². The van der Waals surface area contributed by atoms with Gasteiger partial charge in [0, 0.05) is 29.4 Å². The van der Waals surface area contributed by atoms with Crippen molar-refractivity contribution in [2.24, 2.45) is 0 Å². The summed E-state index contributed by atoms with van der Waals surface area (Å²) in [7, 11) is 0. The van der Waals surface area contributed by atoms with Crippen LogP contribution in [0, 0.1) is 34.6 Å². The maximum Gasteiger partial charge on any atom is 0.246 e. The molecule has 1 aromatic carbocycles. The summed E-state index contributed by atoms with van der Waals surface area (Å²) in [5, 5.41) is 17.8. The van der Waals surface area contributed by atoms with Crippen molar-refractivity contribution in [1.29, 1.82) is 0 Å². The molecule has 37 heavy (non-hydrogen) atoms. The van der Waals surface area contributed by atoms with Gasteiger partial charge < -0.3 is 5.32 Å². The van der Waals surface area contributed by atoms with Crippen LogP contribution in [0.2, 0.25) is 0 Å². The summed E-state index contributed by atoms with van der Waals surface area (Å²) in [6, 6.07) is 10.4. The first-order chi connectivity index (χ1) is 17.8. The highest BCUT2D eigenvalue weighted by Gasteiger charge is 2.19. The van der Waals surface area contributed by atoms with Gasteiger partial charge in [0.15, 0.2) is 5.65 Å². The van der Waals surface area contributed by atoms with Crippen LogP contribution in [0.5, 0.6) is 0 Å². The fraction of sp³-hybridized carbons (Fsp3) is 0.321. The second-order valence-corrected chi connectivity index (χ2v) is 9.49. The van der Waals surface area contributed by atoms with Gasteiger partial charge in [0.1, 0.15) is 6.54 Å². The SMILES string of the molecule is CCn1ncc(Cn2nc(C)c(NC(=O)Cn3nc(C)c4c(-c5cccc(C)c5)ccnc43)c2C)c1C. The number of benzene rings is 1. The van der Waals surface area contributed by atoms with Gasteiger partial charge in [-0.05, 0) is 58.7 Å². The van der Waals surface area contributed by atoms with Crippen molar-refractivity contribution in [3.05, 3.63) is 76.6 Å². The Morgan fingerprint density at radius 3 is 2.46 bits per heavy atom. The van der Waals surface area contributed by atoms with E-state index in [1.54, 1.807) is 10.9 Å². The second-order valence-electron chi connectivity index (χ2n) is 9.49. The maximum absolute atomic E-state index is 13.2. The number of amides is 1. The third-order valence-corrected chi connectivity index (χ3v) is 6.90. The van der Waals surface area contributed by atoms with Crippen LogP contribution in [0.4, 0.5) is 5.69 Å². The summed E-state index contributed by atoms with van der Waals surface area (Å²) in [6.45, 7) is 13.5. The zero-order chi connectivity index (χ0) is 26.3. The predicted octanol–water partition coefficient (Wildman–Crippen LogP) is 4.74. The molecule has 4 heterocycles. The molecule has 0 bridgehead atoms. The zero-order valence-electron chi connectivity index (χ0n) is 22.2. The molecule has 1 N–H and O–H groups in total. The molecular formula is C28H32N8O. The quantitative estimate of drug-likeness (QED) is 0.351. The Labute approximate surface area is 216 Å². The molecule has 1 amide bonds. The second kappa shape index (κ2) is 9.65. The van der Waals surface area contributed by atoms with Gasteiger partial charge >= 0.3 is 0 Å². The molecule has 9 heteroatoms. The average molecular weight is 497 g/mol. The topological polar surface area (TPSA) is 95.5 Å². The number of hydrogen-bond acceptors (Lipinski definition) is 5. The largest absolute Gasteiger partial charge is 0.321 e. The van der Waals surface area contributed by atoms with Gasteiger partial charge in [-0.25, -0.2) is 9.67 Å². The van der Waals surface area contributed by atoms with E-state index in [1.807, 2.05) is 48.5 Å². The number of aromatic nitrogens is 7. The third kappa shape index (κ3) is 4.52. The highest BCUT2D eigenvalue weighted by molar-refractivity contribution is 5.96. The number of rotatable bonds is 7. The number of pyridine rings is 1. The minimum atomic E-state index is -0.173. The molecule has 0 aliphatic carbocycles. The van der Waals surface area contributed by atoms with Crippen LogP contribution in [0.25, 0.3) is 22.2 Å². The lowest BCUT2D eigenvalue weighted by Gasteiger charge is -2.08. The van der Waals surface area contributed by atoms with Crippen LogP contribution >= 0.6 is 0 Å². The average Bonchev–Trinajstić information content (AvgIpc) is 3.48. The number of nitrogens with zero attached hydrogens (tertiary/aromatic N) is 7. The van der Waals surface area contributed by atoms with E-state index in [4.69, 9.17) is 0 Å². The summed E-state index contributed by atoms with van der Waals surface area (Å²) in [4.78, 5) is 17.7. The fourth-order valence-electron chi connectivity index (χ4n) is 4.91. The van der Waals surface area contributed by atoms with Crippen molar-refractivity contribution in [3.8, 4) is 11.1 Å². The molecule has 0 saturated carbocycles. The van der Waals surface area contributed by atoms with Crippen molar-refractivity contribution in [1.82, 2.24) is 34.3 Å². The number of hydrogen-bond donors (Lipinski definition) is 1. The molecule has 0 atom stereocenters. The summed E-state index contributed by atoms with van der Waals surface area (Å²) in [5.74, 6) is -0.173. The van der Waals surface area contributed by atoms with E-state index in [0.29, 0.717) is 12.2 Å². The van der Waals surface area contributed by atoms with Crippen LogP contribution in [-0.4, -0.2) is 40.2 Å². The van der Waals surface area contributed by atoms with Gasteiger partial charge in [0.25, 0.3) is 0 Å². The van der Waals surface area contributed by atoms with E-state index in [-0.39, 0.29) is 12.5 Å². The molecule has 190 valence electrons. The van der Waals surface area contributed by atoms with Crippen LogP contribution in [0.15, 0.2) is 42.7 Å². The Morgan fingerprint density at radius 2 is 1.73 bits per heavy atom. The molecule has 0 aliphatic heterocycles. The maximum atomic E-state index is 13.2. The zero-order valence-corrected chi connectivity index (χ0v) is 22.2. The molecule has 0 fully saturated rings. The first-order valence-electron chi connectivity index (χ1n) is 12.5. The number of nitrogens with one attached hydrogen (secondary N) is 1. The van der Waals surface area contributed by atoms with Gasteiger partial charge in [0.2, 0.25) is 5.91 Å². The van der Waals surface area contributed by atoms with Crippen LogP contribution < -0.4 is 5.32 Å². The summed E-state index contributed by atoms with van der Waals surface area (Å²) >= 11 is 0. The molecule has 5 rings (SSSR count). The van der Waals surface area contributed by atoms with Gasteiger partial charge in [-0.15, -0.1) is 0 Å². The standard InChI is InChI=1S/C28H32N8O/c1-7-34-20(5)23(14-30-34)15-35-21(6)27(19(4)33-35)31-25(37)16-36-28-26(18(3)32-36)24(11-12-29-28)22-10-8-9-17(2)13-22/h8-14H,7,15-16H2,1-6H3,(H,31,37). The van der Waals surface area contributed by atoms with E-state index in [9.17, 15) is 4.79 Å². The number of aryl methyl sites for hydroxylation is 4. The van der Waals surface area contributed by atoms with Crippen molar-refractivity contribution in [2.75, 3.05) is 5.32 Å². The van der Waals surface area contributed by atoms with Gasteiger partial charge in [0.05, 0.1) is 35.5 Å². The van der Waals surface area contributed by atoms with E-state index in [0.717, 1.165) is 57.1 Å². The van der Waals surface area contributed by atoms with E-state index in [1.165, 1.54) is 5.56 Å². The highest BCUT2D eigenvalue weighted by Crippen LogP contribution is 2.30. The van der Waals surface area contributed by atoms with Gasteiger partial charge in [-0.1, -0.05) is 29.8 Å². The molecule has 0 spiro atoms. The number of fused-ring (bicyclic) bond motifs is 1. The van der Waals surface area contributed by atoms with Gasteiger partial charge in [-0.3, -0.25) is 14.2 Å². The molecule has 4 aromatic heterocycles. The Hall–Kier alpha value is -4.27. The molecule has 0 radical (unpaired) electrons. The van der Waals surface area contributed by atoms with Crippen molar-refractivity contribution < 1.29 is 4.79 Å².